The van der Waals surface area contributed by atoms with Gasteiger partial charge in [-0.05, 0) is 20.3 Å². The monoisotopic (exact) mass is 251 g/mol. The number of likely N-dealkylation sites (N-methyl/N-ethyl adjacent to an activating group) is 1. The standard InChI is InChI=1S/C12H21N5O/c1-4-6-14-12-15-7-9(3)11(16-12)17(5-2)8-10(13)18/h7H,4-6,8H2,1-3H3,(H2,13,18)(H,14,15,16). The number of anilines is 2. The molecule has 18 heavy (non-hydrogen) atoms. The van der Waals surface area contributed by atoms with E-state index < -0.39 is 0 Å². The van der Waals surface area contributed by atoms with Crippen molar-refractivity contribution in [3.63, 3.8) is 0 Å². The quantitative estimate of drug-likeness (QED) is 0.752. The van der Waals surface area contributed by atoms with Crippen LogP contribution in [-0.4, -0.2) is 35.5 Å². The van der Waals surface area contributed by atoms with Crippen LogP contribution in [0.1, 0.15) is 25.8 Å². The van der Waals surface area contributed by atoms with Crippen LogP contribution in [0.3, 0.4) is 0 Å². The molecule has 3 N–H and O–H groups in total. The lowest BCUT2D eigenvalue weighted by molar-refractivity contribution is -0.116. The lowest BCUT2D eigenvalue weighted by atomic mass is 10.3. The molecule has 0 saturated heterocycles. The van der Waals surface area contributed by atoms with E-state index in [1.54, 1.807) is 6.20 Å². The molecule has 0 fully saturated rings. The summed E-state index contributed by atoms with van der Waals surface area (Å²) in [5, 5.41) is 3.13. The van der Waals surface area contributed by atoms with E-state index in [-0.39, 0.29) is 12.5 Å². The number of hydrogen-bond acceptors (Lipinski definition) is 5. The minimum Gasteiger partial charge on any atom is -0.368 e. The second kappa shape index (κ2) is 6.78. The highest BCUT2D eigenvalue weighted by molar-refractivity contribution is 5.79. The maximum atomic E-state index is 11.0. The average molecular weight is 251 g/mol. The number of rotatable bonds is 7. The Kier molecular flexibility index (Phi) is 5.35. The number of amides is 1. The Bertz CT molecular complexity index is 407. The summed E-state index contributed by atoms with van der Waals surface area (Å²) in [4.78, 5) is 21.5. The van der Waals surface area contributed by atoms with Gasteiger partial charge in [-0.15, -0.1) is 0 Å². The fraction of sp³-hybridized carbons (Fsp3) is 0.583. The fourth-order valence-corrected chi connectivity index (χ4v) is 1.60. The van der Waals surface area contributed by atoms with Gasteiger partial charge in [-0.1, -0.05) is 6.92 Å². The zero-order valence-corrected chi connectivity index (χ0v) is 11.2. The first-order valence-electron chi connectivity index (χ1n) is 6.19. The SMILES string of the molecule is CCCNc1ncc(C)c(N(CC)CC(N)=O)n1. The molecule has 1 rings (SSSR count). The summed E-state index contributed by atoms with van der Waals surface area (Å²) in [6, 6.07) is 0. The third kappa shape index (κ3) is 3.87. The van der Waals surface area contributed by atoms with Crippen molar-refractivity contribution in [1.82, 2.24) is 9.97 Å². The van der Waals surface area contributed by atoms with Gasteiger partial charge in [0.2, 0.25) is 11.9 Å². The molecule has 0 aromatic carbocycles. The van der Waals surface area contributed by atoms with Gasteiger partial charge in [0.15, 0.2) is 0 Å². The molecule has 0 saturated carbocycles. The number of aryl methyl sites for hydroxylation is 1. The second-order valence-corrected chi connectivity index (χ2v) is 4.11. The van der Waals surface area contributed by atoms with Gasteiger partial charge in [0, 0.05) is 24.8 Å². The van der Waals surface area contributed by atoms with Gasteiger partial charge >= 0.3 is 0 Å². The Hall–Kier alpha value is -1.85. The van der Waals surface area contributed by atoms with Crippen molar-refractivity contribution in [3.05, 3.63) is 11.8 Å². The fourth-order valence-electron chi connectivity index (χ4n) is 1.60. The normalized spacial score (nSPS) is 10.2. The van der Waals surface area contributed by atoms with Gasteiger partial charge in [-0.3, -0.25) is 4.79 Å². The van der Waals surface area contributed by atoms with Crippen molar-refractivity contribution in [2.45, 2.75) is 27.2 Å². The number of carbonyl (C=O) groups is 1. The summed E-state index contributed by atoms with van der Waals surface area (Å²) in [5.74, 6) is 0.975. The molecule has 0 bridgehead atoms. The molecule has 0 radical (unpaired) electrons. The summed E-state index contributed by atoms with van der Waals surface area (Å²) in [5.41, 5.74) is 6.17. The highest BCUT2D eigenvalue weighted by Gasteiger charge is 2.12. The van der Waals surface area contributed by atoms with Crippen LogP contribution in [0.2, 0.25) is 0 Å². The number of nitrogens with one attached hydrogen (secondary N) is 1. The minimum atomic E-state index is -0.363. The first-order chi connectivity index (χ1) is 8.58. The molecule has 6 heteroatoms. The van der Waals surface area contributed by atoms with Crippen LogP contribution in [-0.2, 0) is 4.79 Å². The van der Waals surface area contributed by atoms with Crippen LogP contribution >= 0.6 is 0 Å². The van der Waals surface area contributed by atoms with Crippen LogP contribution in [0, 0.1) is 6.92 Å². The van der Waals surface area contributed by atoms with Gasteiger partial charge in [0.05, 0.1) is 6.54 Å². The highest BCUT2D eigenvalue weighted by atomic mass is 16.1. The molecule has 0 unspecified atom stereocenters. The Morgan fingerprint density at radius 2 is 2.22 bits per heavy atom. The first kappa shape index (κ1) is 14.2. The topological polar surface area (TPSA) is 84.1 Å². The van der Waals surface area contributed by atoms with Crippen molar-refractivity contribution < 1.29 is 4.79 Å². The third-order valence-corrected chi connectivity index (χ3v) is 2.51. The zero-order valence-electron chi connectivity index (χ0n) is 11.2. The van der Waals surface area contributed by atoms with E-state index in [9.17, 15) is 4.79 Å². The smallest absolute Gasteiger partial charge is 0.236 e. The van der Waals surface area contributed by atoms with Crippen LogP contribution in [0.4, 0.5) is 11.8 Å². The number of primary amides is 1. The molecule has 1 amide bonds. The molecule has 0 aliphatic carbocycles. The molecular formula is C12H21N5O. The van der Waals surface area contributed by atoms with Crippen LogP contribution in [0.5, 0.6) is 0 Å². The second-order valence-electron chi connectivity index (χ2n) is 4.11. The van der Waals surface area contributed by atoms with E-state index >= 15 is 0 Å². The van der Waals surface area contributed by atoms with Crippen molar-refractivity contribution in [3.8, 4) is 0 Å². The van der Waals surface area contributed by atoms with Crippen LogP contribution in [0.15, 0.2) is 6.20 Å². The van der Waals surface area contributed by atoms with Crippen molar-refractivity contribution in [2.75, 3.05) is 29.9 Å². The van der Waals surface area contributed by atoms with E-state index in [2.05, 4.69) is 22.2 Å². The zero-order chi connectivity index (χ0) is 13.5. The number of carbonyl (C=O) groups excluding carboxylic acids is 1. The van der Waals surface area contributed by atoms with Gasteiger partial charge in [-0.2, -0.15) is 4.98 Å². The summed E-state index contributed by atoms with van der Waals surface area (Å²) >= 11 is 0. The summed E-state index contributed by atoms with van der Waals surface area (Å²) < 4.78 is 0. The molecule has 1 aromatic rings. The summed E-state index contributed by atoms with van der Waals surface area (Å²) in [7, 11) is 0. The molecule has 0 spiro atoms. The molecule has 1 aromatic heterocycles. The Labute approximate surface area is 108 Å². The largest absolute Gasteiger partial charge is 0.368 e. The van der Waals surface area contributed by atoms with Crippen molar-refractivity contribution >= 4 is 17.7 Å². The number of hydrogen-bond donors (Lipinski definition) is 2. The predicted molar refractivity (Wildman–Crippen MR) is 72.6 cm³/mol. The Morgan fingerprint density at radius 1 is 1.50 bits per heavy atom. The Balaban J connectivity index is 2.93. The molecule has 0 atom stereocenters. The van der Waals surface area contributed by atoms with E-state index in [1.165, 1.54) is 0 Å². The molecular weight excluding hydrogens is 230 g/mol. The maximum Gasteiger partial charge on any atom is 0.236 e. The van der Waals surface area contributed by atoms with Gasteiger partial charge in [-0.25, -0.2) is 4.98 Å². The summed E-state index contributed by atoms with van der Waals surface area (Å²) in [6.07, 6.45) is 2.76. The molecule has 6 nitrogen and oxygen atoms in total. The first-order valence-corrected chi connectivity index (χ1v) is 6.19. The predicted octanol–water partition coefficient (Wildman–Crippen LogP) is 0.919. The maximum absolute atomic E-state index is 11.0. The lowest BCUT2D eigenvalue weighted by Gasteiger charge is -2.22. The number of nitrogens with zero attached hydrogens (tertiary/aromatic N) is 3. The van der Waals surface area contributed by atoms with Crippen LogP contribution in [0.25, 0.3) is 0 Å². The van der Waals surface area contributed by atoms with E-state index in [0.29, 0.717) is 12.5 Å². The van der Waals surface area contributed by atoms with Crippen molar-refractivity contribution in [2.24, 2.45) is 5.73 Å². The molecule has 0 aliphatic heterocycles. The Morgan fingerprint density at radius 3 is 2.78 bits per heavy atom. The average Bonchev–Trinajstić information content (AvgIpc) is 2.35. The summed E-state index contributed by atoms with van der Waals surface area (Å²) in [6.45, 7) is 7.62. The van der Waals surface area contributed by atoms with Crippen LogP contribution < -0.4 is 16.0 Å². The van der Waals surface area contributed by atoms with E-state index in [0.717, 1.165) is 24.3 Å². The third-order valence-electron chi connectivity index (χ3n) is 2.51. The minimum absolute atomic E-state index is 0.168. The van der Waals surface area contributed by atoms with Gasteiger partial charge in [0.25, 0.3) is 0 Å². The van der Waals surface area contributed by atoms with E-state index in [4.69, 9.17) is 5.73 Å². The lowest BCUT2D eigenvalue weighted by Crippen LogP contribution is -2.34. The highest BCUT2D eigenvalue weighted by Crippen LogP contribution is 2.17. The van der Waals surface area contributed by atoms with E-state index in [1.807, 2.05) is 18.7 Å². The van der Waals surface area contributed by atoms with Crippen molar-refractivity contribution in [1.29, 1.82) is 0 Å². The van der Waals surface area contributed by atoms with Gasteiger partial charge in [0.1, 0.15) is 5.82 Å². The molecule has 100 valence electrons. The van der Waals surface area contributed by atoms with Gasteiger partial charge < -0.3 is 16.0 Å². The number of nitrogens with two attached hydrogens (primary N) is 1. The molecule has 0 aliphatic rings. The number of aromatic nitrogens is 2. The molecule has 1 heterocycles.